The number of urea groups is 1. The number of hydrogen-bond donors (Lipinski definition) is 2. The predicted octanol–water partition coefficient (Wildman–Crippen LogP) is 4.24. The predicted molar refractivity (Wildman–Crippen MR) is 89.3 cm³/mol. The number of hydrogen-bond acceptors (Lipinski definition) is 3. The fourth-order valence-corrected chi connectivity index (χ4v) is 3.82. The van der Waals surface area contributed by atoms with Crippen molar-refractivity contribution in [2.24, 2.45) is 0 Å². The Balaban J connectivity index is 1.86. The number of aromatic nitrogens is 2. The smallest absolute Gasteiger partial charge is 0.317 e. The number of H-pyrrole nitrogens is 1. The van der Waals surface area contributed by atoms with E-state index in [1.54, 1.807) is 11.3 Å². The molecule has 6 heteroatoms. The van der Waals surface area contributed by atoms with Crippen LogP contribution in [0.3, 0.4) is 0 Å². The minimum absolute atomic E-state index is 0.00898. The number of anilines is 1. The van der Waals surface area contributed by atoms with Crippen molar-refractivity contribution >= 4 is 23.1 Å². The van der Waals surface area contributed by atoms with E-state index in [1.807, 2.05) is 35.6 Å². The van der Waals surface area contributed by atoms with E-state index >= 15 is 0 Å². The molecule has 22 heavy (non-hydrogen) atoms. The number of carbonyl (C=O) groups excluding carboxylic acids is 1. The summed E-state index contributed by atoms with van der Waals surface area (Å²) in [5, 5.41) is 14.3. The van der Waals surface area contributed by atoms with E-state index in [4.69, 9.17) is 0 Å². The summed E-state index contributed by atoms with van der Waals surface area (Å²) in [6.07, 6.45) is 4.38. The van der Waals surface area contributed by atoms with E-state index in [-0.39, 0.29) is 12.1 Å². The molecule has 2 N–H and O–H groups in total. The van der Waals surface area contributed by atoms with E-state index in [0.29, 0.717) is 0 Å². The lowest BCUT2D eigenvalue weighted by molar-refractivity contribution is 0.189. The summed E-state index contributed by atoms with van der Waals surface area (Å²) < 4.78 is 0. The monoisotopic (exact) mass is 318 g/mol. The molecule has 0 aliphatic carbocycles. The normalized spacial score (nSPS) is 19.0. The van der Waals surface area contributed by atoms with Crippen LogP contribution >= 0.6 is 11.3 Å². The van der Waals surface area contributed by atoms with Crippen molar-refractivity contribution in [3.05, 3.63) is 33.8 Å². The van der Waals surface area contributed by atoms with E-state index in [9.17, 15) is 4.79 Å². The van der Waals surface area contributed by atoms with Gasteiger partial charge in [0.2, 0.25) is 0 Å². The number of nitrogens with zero attached hydrogens (tertiary/aromatic N) is 2. The molecule has 0 saturated carbocycles. The molecule has 1 fully saturated rings. The van der Waals surface area contributed by atoms with Crippen molar-refractivity contribution in [3.63, 3.8) is 0 Å². The maximum absolute atomic E-state index is 12.7. The SMILES string of the molecule is Cc1n[nH]c(C)c1C1CCCCCN1C(=O)Nc1ccsc1. The van der Waals surface area contributed by atoms with Gasteiger partial charge in [0.25, 0.3) is 0 Å². The van der Waals surface area contributed by atoms with E-state index < -0.39 is 0 Å². The first-order valence-electron chi connectivity index (χ1n) is 7.78. The van der Waals surface area contributed by atoms with Gasteiger partial charge >= 0.3 is 6.03 Å². The van der Waals surface area contributed by atoms with Crippen molar-refractivity contribution in [3.8, 4) is 0 Å². The second-order valence-electron chi connectivity index (χ2n) is 5.85. The summed E-state index contributed by atoms with van der Waals surface area (Å²) in [6, 6.07) is 2.04. The zero-order valence-electron chi connectivity index (χ0n) is 13.1. The maximum atomic E-state index is 12.7. The number of aromatic amines is 1. The molecule has 2 aromatic heterocycles. The number of nitrogens with one attached hydrogen (secondary N) is 2. The molecular formula is C16H22N4OS. The van der Waals surface area contributed by atoms with Gasteiger partial charge in [0.1, 0.15) is 0 Å². The third kappa shape index (κ3) is 3.02. The van der Waals surface area contributed by atoms with Gasteiger partial charge in [0.05, 0.1) is 17.4 Å². The molecule has 0 radical (unpaired) electrons. The molecule has 0 bridgehead atoms. The number of thiophene rings is 1. The van der Waals surface area contributed by atoms with Crippen LogP contribution in [0, 0.1) is 13.8 Å². The van der Waals surface area contributed by atoms with Gasteiger partial charge < -0.3 is 10.2 Å². The summed E-state index contributed by atoms with van der Waals surface area (Å²) in [7, 11) is 0. The molecule has 0 spiro atoms. The van der Waals surface area contributed by atoms with Gasteiger partial charge in [0, 0.05) is 23.2 Å². The summed E-state index contributed by atoms with van der Waals surface area (Å²) in [6.45, 7) is 4.85. The van der Waals surface area contributed by atoms with Crippen molar-refractivity contribution < 1.29 is 4.79 Å². The first-order chi connectivity index (χ1) is 10.7. The van der Waals surface area contributed by atoms with Gasteiger partial charge in [-0.1, -0.05) is 12.8 Å². The minimum atomic E-state index is -0.00898. The Morgan fingerprint density at radius 2 is 2.27 bits per heavy atom. The van der Waals surface area contributed by atoms with Crippen molar-refractivity contribution in [2.45, 2.75) is 45.6 Å². The second kappa shape index (κ2) is 6.52. The van der Waals surface area contributed by atoms with Crippen LogP contribution in [0.4, 0.5) is 10.5 Å². The fourth-order valence-electron chi connectivity index (χ4n) is 3.23. The summed E-state index contributed by atoms with van der Waals surface area (Å²) in [5.74, 6) is 0. The van der Waals surface area contributed by atoms with E-state index in [1.165, 1.54) is 12.0 Å². The molecule has 2 aromatic rings. The van der Waals surface area contributed by atoms with Crippen molar-refractivity contribution in [1.82, 2.24) is 15.1 Å². The lowest BCUT2D eigenvalue weighted by Crippen LogP contribution is -2.38. The molecule has 0 aromatic carbocycles. The second-order valence-corrected chi connectivity index (χ2v) is 6.63. The van der Waals surface area contributed by atoms with E-state index in [2.05, 4.69) is 15.5 Å². The Bertz CT molecular complexity index is 615. The lowest BCUT2D eigenvalue weighted by atomic mass is 9.99. The van der Waals surface area contributed by atoms with Crippen molar-refractivity contribution in [2.75, 3.05) is 11.9 Å². The van der Waals surface area contributed by atoms with E-state index in [0.717, 1.165) is 42.9 Å². The molecule has 1 saturated heterocycles. The number of aryl methyl sites for hydroxylation is 2. The molecule has 118 valence electrons. The standard InChI is InChI=1S/C16H22N4OS/c1-11-15(12(2)19-18-11)14-6-4-3-5-8-20(14)16(21)17-13-7-9-22-10-13/h7,9-10,14H,3-6,8H2,1-2H3,(H,17,21)(H,18,19). The number of amides is 2. The molecule has 3 heterocycles. The van der Waals surface area contributed by atoms with Gasteiger partial charge in [-0.05, 0) is 38.1 Å². The van der Waals surface area contributed by atoms with Gasteiger partial charge in [0.15, 0.2) is 0 Å². The third-order valence-corrected chi connectivity index (χ3v) is 4.99. The largest absolute Gasteiger partial charge is 0.322 e. The first-order valence-corrected chi connectivity index (χ1v) is 8.72. The molecule has 2 amide bonds. The van der Waals surface area contributed by atoms with Crippen LogP contribution in [0.15, 0.2) is 16.8 Å². The average molecular weight is 318 g/mol. The number of likely N-dealkylation sites (tertiary alicyclic amines) is 1. The lowest BCUT2D eigenvalue weighted by Gasteiger charge is -2.30. The summed E-state index contributed by atoms with van der Waals surface area (Å²) in [4.78, 5) is 14.7. The van der Waals surface area contributed by atoms with Crippen LogP contribution in [0.2, 0.25) is 0 Å². The minimum Gasteiger partial charge on any atom is -0.317 e. The van der Waals surface area contributed by atoms with Crippen LogP contribution in [0.5, 0.6) is 0 Å². The summed E-state index contributed by atoms with van der Waals surface area (Å²) in [5.41, 5.74) is 4.12. The topological polar surface area (TPSA) is 61.0 Å². The molecule has 3 rings (SSSR count). The number of rotatable bonds is 2. The summed E-state index contributed by atoms with van der Waals surface area (Å²) >= 11 is 1.59. The van der Waals surface area contributed by atoms with Crippen LogP contribution < -0.4 is 5.32 Å². The van der Waals surface area contributed by atoms with Gasteiger partial charge in [-0.25, -0.2) is 4.79 Å². The van der Waals surface area contributed by atoms with Crippen LogP contribution in [-0.4, -0.2) is 27.7 Å². The number of carbonyl (C=O) groups is 1. The van der Waals surface area contributed by atoms with Crippen molar-refractivity contribution in [1.29, 1.82) is 0 Å². The molecule has 1 unspecified atom stereocenters. The zero-order valence-corrected chi connectivity index (χ0v) is 13.9. The molecule has 5 nitrogen and oxygen atoms in total. The fraction of sp³-hybridized carbons (Fsp3) is 0.500. The quantitative estimate of drug-likeness (QED) is 0.870. The highest BCUT2D eigenvalue weighted by atomic mass is 32.1. The van der Waals surface area contributed by atoms with Crippen LogP contribution in [0.1, 0.15) is 48.7 Å². The van der Waals surface area contributed by atoms with Crippen LogP contribution in [-0.2, 0) is 0 Å². The highest BCUT2D eigenvalue weighted by molar-refractivity contribution is 7.08. The Hall–Kier alpha value is -1.82. The molecule has 1 aliphatic heterocycles. The zero-order chi connectivity index (χ0) is 15.5. The van der Waals surface area contributed by atoms with Gasteiger partial charge in [-0.2, -0.15) is 16.4 Å². The molecule has 1 atom stereocenters. The highest BCUT2D eigenvalue weighted by Gasteiger charge is 2.30. The Labute approximate surface area is 134 Å². The molecular weight excluding hydrogens is 296 g/mol. The first kappa shape index (κ1) is 15.1. The average Bonchev–Trinajstić information content (AvgIpc) is 3.03. The maximum Gasteiger partial charge on any atom is 0.322 e. The Morgan fingerprint density at radius 1 is 1.41 bits per heavy atom. The Morgan fingerprint density at radius 3 is 2.95 bits per heavy atom. The molecule has 1 aliphatic rings. The van der Waals surface area contributed by atoms with Gasteiger partial charge in [-0.15, -0.1) is 0 Å². The Kier molecular flexibility index (Phi) is 4.47. The van der Waals surface area contributed by atoms with Gasteiger partial charge in [-0.3, -0.25) is 5.10 Å². The highest BCUT2D eigenvalue weighted by Crippen LogP contribution is 2.33. The third-order valence-electron chi connectivity index (χ3n) is 4.30. The van der Waals surface area contributed by atoms with Crippen LogP contribution in [0.25, 0.3) is 0 Å².